The fourth-order valence-corrected chi connectivity index (χ4v) is 5.22. The molecule has 1 amide bonds. The summed E-state index contributed by atoms with van der Waals surface area (Å²) in [6, 6.07) is 11.2. The second kappa shape index (κ2) is 9.52. The summed E-state index contributed by atoms with van der Waals surface area (Å²) < 4.78 is 5.51. The molecule has 2 aliphatic heterocycles. The van der Waals surface area contributed by atoms with E-state index in [4.69, 9.17) is 27.6 Å². The van der Waals surface area contributed by atoms with Crippen LogP contribution in [-0.4, -0.2) is 60.0 Å². The number of amides is 1. The van der Waals surface area contributed by atoms with Gasteiger partial charge < -0.3 is 24.4 Å². The van der Waals surface area contributed by atoms with E-state index >= 15 is 0 Å². The summed E-state index contributed by atoms with van der Waals surface area (Å²) in [5, 5.41) is 5.63. The van der Waals surface area contributed by atoms with Crippen molar-refractivity contribution in [2.45, 2.75) is 6.54 Å². The maximum atomic E-state index is 13.4. The minimum absolute atomic E-state index is 0.0225. The van der Waals surface area contributed by atoms with Crippen LogP contribution in [0.5, 0.6) is 0 Å². The predicted octanol–water partition coefficient (Wildman–Crippen LogP) is 4.92. The molecule has 0 saturated carbocycles. The van der Waals surface area contributed by atoms with Gasteiger partial charge in [-0.2, -0.15) is 0 Å². The number of anilines is 3. The maximum absolute atomic E-state index is 13.4. The molecule has 3 aromatic heterocycles. The number of hydrogen-bond donors (Lipinski definition) is 1. The van der Waals surface area contributed by atoms with Gasteiger partial charge in [-0.05, 0) is 42.0 Å². The van der Waals surface area contributed by atoms with Gasteiger partial charge in [0.25, 0.3) is 5.91 Å². The molecular weight excluding hydrogens is 499 g/mol. The van der Waals surface area contributed by atoms with Crippen LogP contribution >= 0.6 is 23.2 Å². The highest BCUT2D eigenvalue weighted by molar-refractivity contribution is 6.33. The minimum Gasteiger partial charge on any atom is -0.464 e. The number of carbonyl (C=O) groups is 1. The number of pyridine rings is 2. The molecular formula is C26H24Cl2N6O2. The molecule has 0 atom stereocenters. The van der Waals surface area contributed by atoms with Crippen molar-refractivity contribution in [2.75, 3.05) is 54.4 Å². The van der Waals surface area contributed by atoms with Gasteiger partial charge in [0.05, 0.1) is 22.9 Å². The molecule has 4 aromatic rings. The number of nitrogens with zero attached hydrogens (tertiary/aromatic N) is 5. The average Bonchev–Trinajstić information content (AvgIpc) is 3.40. The van der Waals surface area contributed by atoms with Crippen LogP contribution in [0.2, 0.25) is 10.0 Å². The summed E-state index contributed by atoms with van der Waals surface area (Å²) in [4.78, 5) is 28.8. The highest BCUT2D eigenvalue weighted by Crippen LogP contribution is 2.32. The minimum atomic E-state index is -0.0225. The Kier molecular flexibility index (Phi) is 6.07. The Hall–Kier alpha value is -3.49. The maximum Gasteiger partial charge on any atom is 0.255 e. The van der Waals surface area contributed by atoms with Crippen LogP contribution in [0.1, 0.15) is 15.9 Å². The van der Waals surface area contributed by atoms with Gasteiger partial charge >= 0.3 is 0 Å². The normalized spacial score (nSPS) is 15.7. The number of piperazine rings is 1. The van der Waals surface area contributed by atoms with E-state index in [-0.39, 0.29) is 5.91 Å². The van der Waals surface area contributed by atoms with Gasteiger partial charge in [-0.25, -0.2) is 9.97 Å². The lowest BCUT2D eigenvalue weighted by Crippen LogP contribution is -2.49. The zero-order valence-corrected chi connectivity index (χ0v) is 21.0. The van der Waals surface area contributed by atoms with Crippen LogP contribution < -0.4 is 15.1 Å². The van der Waals surface area contributed by atoms with Gasteiger partial charge in [-0.15, -0.1) is 0 Å². The van der Waals surface area contributed by atoms with Gasteiger partial charge in [0.15, 0.2) is 0 Å². The summed E-state index contributed by atoms with van der Waals surface area (Å²) in [5.41, 5.74) is 3.21. The summed E-state index contributed by atoms with van der Waals surface area (Å²) in [5.74, 6) is 1.64. The first-order valence-electron chi connectivity index (χ1n) is 11.9. The molecule has 1 fully saturated rings. The molecule has 0 aliphatic carbocycles. The second-order valence-electron chi connectivity index (χ2n) is 8.92. The SMILES string of the molecule is O=C(c1cnc2c(c1)N(Cc1cc(Cl)ccc1Cl)CCN2)N1CCN(c2nccc3occc23)CC1. The monoisotopic (exact) mass is 522 g/mol. The Labute approximate surface area is 218 Å². The molecule has 5 heterocycles. The van der Waals surface area contributed by atoms with E-state index in [1.807, 2.05) is 35.2 Å². The summed E-state index contributed by atoms with van der Waals surface area (Å²) in [6.07, 6.45) is 5.09. The van der Waals surface area contributed by atoms with E-state index in [0.717, 1.165) is 46.9 Å². The predicted molar refractivity (Wildman–Crippen MR) is 142 cm³/mol. The molecule has 0 unspecified atom stereocenters. The number of rotatable bonds is 4. The third-order valence-corrected chi connectivity index (χ3v) is 7.33. The number of fused-ring (bicyclic) bond motifs is 2. The number of nitrogens with one attached hydrogen (secondary N) is 1. The molecule has 8 nitrogen and oxygen atoms in total. The first kappa shape index (κ1) is 22.9. The average molecular weight is 523 g/mol. The van der Waals surface area contributed by atoms with Gasteiger partial charge in [0.1, 0.15) is 17.2 Å². The molecule has 1 saturated heterocycles. The molecule has 36 heavy (non-hydrogen) atoms. The second-order valence-corrected chi connectivity index (χ2v) is 9.77. The number of halogens is 2. The van der Waals surface area contributed by atoms with E-state index in [1.54, 1.807) is 24.7 Å². The summed E-state index contributed by atoms with van der Waals surface area (Å²) in [7, 11) is 0. The molecule has 184 valence electrons. The van der Waals surface area contributed by atoms with Crippen LogP contribution in [0.25, 0.3) is 11.0 Å². The lowest BCUT2D eigenvalue weighted by Gasteiger charge is -2.36. The fraction of sp³-hybridized carbons (Fsp3) is 0.269. The van der Waals surface area contributed by atoms with Crippen LogP contribution in [-0.2, 0) is 6.54 Å². The molecule has 10 heteroatoms. The highest BCUT2D eigenvalue weighted by atomic mass is 35.5. The Morgan fingerprint density at radius 1 is 1.03 bits per heavy atom. The van der Waals surface area contributed by atoms with E-state index in [2.05, 4.69) is 25.1 Å². The summed E-state index contributed by atoms with van der Waals surface area (Å²) >= 11 is 12.6. The largest absolute Gasteiger partial charge is 0.464 e. The lowest BCUT2D eigenvalue weighted by atomic mass is 10.1. The van der Waals surface area contributed by atoms with Crippen molar-refractivity contribution in [3.8, 4) is 0 Å². The first-order chi connectivity index (χ1) is 17.6. The fourth-order valence-electron chi connectivity index (χ4n) is 4.85. The molecule has 6 rings (SSSR count). The van der Waals surface area contributed by atoms with Crippen molar-refractivity contribution in [1.82, 2.24) is 14.9 Å². The molecule has 0 radical (unpaired) electrons. The van der Waals surface area contributed by atoms with Crippen LogP contribution in [0, 0.1) is 0 Å². The smallest absolute Gasteiger partial charge is 0.255 e. The van der Waals surface area contributed by atoms with Crippen molar-refractivity contribution < 1.29 is 9.21 Å². The first-order valence-corrected chi connectivity index (χ1v) is 12.6. The Morgan fingerprint density at radius 2 is 1.89 bits per heavy atom. The zero-order valence-electron chi connectivity index (χ0n) is 19.5. The molecule has 1 N–H and O–H groups in total. The van der Waals surface area contributed by atoms with Crippen molar-refractivity contribution >= 4 is 57.4 Å². The topological polar surface area (TPSA) is 77.7 Å². The van der Waals surface area contributed by atoms with E-state index in [0.29, 0.717) is 48.3 Å². The number of aromatic nitrogens is 2. The van der Waals surface area contributed by atoms with E-state index < -0.39 is 0 Å². The Balaban J connectivity index is 1.18. The molecule has 1 aromatic carbocycles. The number of benzene rings is 1. The standard InChI is InChI=1S/C26H24Cl2N6O2/c27-19-1-2-21(28)18(13-19)16-34-7-6-29-24-22(34)14-17(15-31-24)26(35)33-10-8-32(9-11-33)25-20-4-12-36-23(20)3-5-30-25/h1-5,12-15H,6-11,16H2,(H,29,31). The zero-order chi connectivity index (χ0) is 24.6. The van der Waals surface area contributed by atoms with Crippen molar-refractivity contribution in [3.63, 3.8) is 0 Å². The number of hydrogen-bond acceptors (Lipinski definition) is 7. The quantitative estimate of drug-likeness (QED) is 0.407. The summed E-state index contributed by atoms with van der Waals surface area (Å²) in [6.45, 7) is 4.70. The van der Waals surface area contributed by atoms with E-state index in [1.165, 1.54) is 0 Å². The van der Waals surface area contributed by atoms with Crippen LogP contribution in [0.3, 0.4) is 0 Å². The van der Waals surface area contributed by atoms with Crippen molar-refractivity contribution in [2.24, 2.45) is 0 Å². The van der Waals surface area contributed by atoms with Crippen LogP contribution in [0.15, 0.2) is 59.5 Å². The third kappa shape index (κ3) is 4.31. The van der Waals surface area contributed by atoms with E-state index in [9.17, 15) is 4.79 Å². The lowest BCUT2D eigenvalue weighted by molar-refractivity contribution is 0.0746. The van der Waals surface area contributed by atoms with Gasteiger partial charge in [-0.1, -0.05) is 23.2 Å². The van der Waals surface area contributed by atoms with Gasteiger partial charge in [0.2, 0.25) is 0 Å². The molecule has 0 bridgehead atoms. The van der Waals surface area contributed by atoms with Crippen molar-refractivity contribution in [3.05, 3.63) is 76.2 Å². The number of carbonyl (C=O) groups excluding carboxylic acids is 1. The molecule has 0 spiro atoms. The van der Waals surface area contributed by atoms with Gasteiger partial charge in [0, 0.05) is 68.3 Å². The van der Waals surface area contributed by atoms with Crippen LogP contribution in [0.4, 0.5) is 17.3 Å². The third-order valence-electron chi connectivity index (χ3n) is 6.72. The number of furan rings is 1. The van der Waals surface area contributed by atoms with Gasteiger partial charge in [-0.3, -0.25) is 4.79 Å². The Morgan fingerprint density at radius 3 is 2.75 bits per heavy atom. The molecule has 2 aliphatic rings. The van der Waals surface area contributed by atoms with Crippen molar-refractivity contribution in [1.29, 1.82) is 0 Å². The highest BCUT2D eigenvalue weighted by Gasteiger charge is 2.26. The Bertz CT molecular complexity index is 1430.